The van der Waals surface area contributed by atoms with Crippen LogP contribution in [-0.2, 0) is 4.79 Å². The Balaban J connectivity index is 1.50. The molecular weight excluding hydrogens is 392 g/mol. The summed E-state index contributed by atoms with van der Waals surface area (Å²) in [5.41, 5.74) is 0. The number of amides is 3. The van der Waals surface area contributed by atoms with Crippen LogP contribution in [0.15, 0.2) is 34.9 Å². The van der Waals surface area contributed by atoms with Gasteiger partial charge in [-0.2, -0.15) is 0 Å². The van der Waals surface area contributed by atoms with Gasteiger partial charge < -0.3 is 19.5 Å². The van der Waals surface area contributed by atoms with Crippen LogP contribution in [0, 0.1) is 0 Å². The van der Waals surface area contributed by atoms with Crippen molar-refractivity contribution in [2.75, 3.05) is 51.1 Å². The van der Waals surface area contributed by atoms with Crippen molar-refractivity contribution in [3.8, 4) is 0 Å². The lowest BCUT2D eigenvalue weighted by Gasteiger charge is -2.35. The molecule has 0 aliphatic carbocycles. The van der Waals surface area contributed by atoms with Gasteiger partial charge in [0.1, 0.15) is 0 Å². The molecule has 3 heterocycles. The van der Waals surface area contributed by atoms with Crippen LogP contribution in [-0.4, -0.2) is 78.2 Å². The van der Waals surface area contributed by atoms with E-state index in [4.69, 9.17) is 4.42 Å². The molecule has 0 saturated carbocycles. The van der Waals surface area contributed by atoms with Crippen LogP contribution in [0.1, 0.15) is 34.1 Å². The van der Waals surface area contributed by atoms with E-state index in [-0.39, 0.29) is 23.5 Å². The van der Waals surface area contributed by atoms with Gasteiger partial charge in [0, 0.05) is 39.3 Å². The molecule has 1 N–H and O–H groups in total. The quantitative estimate of drug-likeness (QED) is 0.745. The van der Waals surface area contributed by atoms with Crippen LogP contribution in [0.4, 0.5) is 5.00 Å². The van der Waals surface area contributed by atoms with Gasteiger partial charge in [-0.1, -0.05) is 0 Å². The van der Waals surface area contributed by atoms with Gasteiger partial charge in [-0.15, -0.1) is 11.3 Å². The van der Waals surface area contributed by atoms with E-state index in [1.54, 1.807) is 29.2 Å². The minimum Gasteiger partial charge on any atom is -0.459 e. The fraction of sp³-hybridized carbons (Fsp3) is 0.450. The lowest BCUT2D eigenvalue weighted by molar-refractivity contribution is -0.132. The number of anilines is 1. The minimum absolute atomic E-state index is 0.0526. The summed E-state index contributed by atoms with van der Waals surface area (Å²) >= 11 is 1.24. The van der Waals surface area contributed by atoms with Gasteiger partial charge in [0.15, 0.2) is 5.76 Å². The predicted molar refractivity (Wildman–Crippen MR) is 111 cm³/mol. The molecule has 1 aliphatic heterocycles. The fourth-order valence-electron chi connectivity index (χ4n) is 3.23. The highest BCUT2D eigenvalue weighted by Crippen LogP contribution is 2.24. The zero-order valence-electron chi connectivity index (χ0n) is 16.7. The third-order valence-electron chi connectivity index (χ3n) is 4.93. The molecule has 0 bridgehead atoms. The summed E-state index contributed by atoms with van der Waals surface area (Å²) in [7, 11) is 0. The fourth-order valence-corrected chi connectivity index (χ4v) is 4.10. The zero-order valence-corrected chi connectivity index (χ0v) is 17.5. The van der Waals surface area contributed by atoms with Crippen LogP contribution in [0.25, 0.3) is 0 Å². The molecule has 0 atom stereocenters. The Morgan fingerprint density at radius 2 is 1.83 bits per heavy atom. The Bertz CT molecular complexity index is 837. The first-order valence-corrected chi connectivity index (χ1v) is 10.6. The van der Waals surface area contributed by atoms with Gasteiger partial charge in [-0.25, -0.2) is 0 Å². The second-order valence-corrected chi connectivity index (χ2v) is 7.81. The number of carbonyl (C=O) groups excluding carboxylic acids is 3. The first kappa shape index (κ1) is 21.1. The van der Waals surface area contributed by atoms with E-state index in [1.807, 2.05) is 18.7 Å². The topological polar surface area (TPSA) is 86.1 Å². The Hall–Kier alpha value is -2.65. The van der Waals surface area contributed by atoms with Crippen molar-refractivity contribution < 1.29 is 18.8 Å². The van der Waals surface area contributed by atoms with Crippen LogP contribution in [0.5, 0.6) is 0 Å². The number of hydrogen-bond donors (Lipinski definition) is 1. The molecule has 1 fully saturated rings. The standard InChI is InChI=1S/C20H26N4O4S/c1-3-23(4-2)18(25)14-22-9-11-24(12-10-22)20(27)16-7-8-17(29-16)21-19(26)15-6-5-13-28-15/h5-8,13H,3-4,9-12,14H2,1-2H3,(H,21,26). The Labute approximate surface area is 174 Å². The first-order valence-electron chi connectivity index (χ1n) is 9.76. The molecule has 1 aliphatic rings. The molecule has 0 spiro atoms. The minimum atomic E-state index is -0.345. The van der Waals surface area contributed by atoms with Crippen LogP contribution >= 0.6 is 11.3 Å². The Morgan fingerprint density at radius 3 is 2.45 bits per heavy atom. The third kappa shape index (κ3) is 5.24. The smallest absolute Gasteiger partial charge is 0.291 e. The normalized spacial score (nSPS) is 14.6. The van der Waals surface area contributed by atoms with E-state index >= 15 is 0 Å². The molecule has 3 amide bonds. The van der Waals surface area contributed by atoms with Crippen LogP contribution in [0.3, 0.4) is 0 Å². The predicted octanol–water partition coefficient (Wildman–Crippen LogP) is 2.22. The van der Waals surface area contributed by atoms with Gasteiger partial charge in [-0.05, 0) is 38.1 Å². The second-order valence-electron chi connectivity index (χ2n) is 6.73. The summed E-state index contributed by atoms with van der Waals surface area (Å²) < 4.78 is 5.07. The number of hydrogen-bond acceptors (Lipinski definition) is 6. The summed E-state index contributed by atoms with van der Waals surface area (Å²) in [4.78, 5) is 43.3. The van der Waals surface area contributed by atoms with Gasteiger partial charge in [0.2, 0.25) is 5.91 Å². The molecule has 0 radical (unpaired) electrons. The SMILES string of the molecule is CCN(CC)C(=O)CN1CCN(C(=O)c2ccc(NC(=O)c3ccco3)s2)CC1. The highest BCUT2D eigenvalue weighted by atomic mass is 32.1. The maximum atomic E-state index is 12.8. The largest absolute Gasteiger partial charge is 0.459 e. The molecule has 3 rings (SSSR count). The van der Waals surface area contributed by atoms with Crippen molar-refractivity contribution in [2.24, 2.45) is 0 Å². The molecule has 0 aromatic carbocycles. The number of piperazine rings is 1. The second kappa shape index (κ2) is 9.71. The van der Waals surface area contributed by atoms with E-state index in [0.717, 1.165) is 0 Å². The van der Waals surface area contributed by atoms with Crippen molar-refractivity contribution in [3.05, 3.63) is 41.2 Å². The summed E-state index contributed by atoms with van der Waals surface area (Å²) in [6.07, 6.45) is 1.44. The average Bonchev–Trinajstić information content (AvgIpc) is 3.41. The van der Waals surface area contributed by atoms with E-state index in [0.29, 0.717) is 55.7 Å². The highest BCUT2D eigenvalue weighted by Gasteiger charge is 2.25. The number of thiophene rings is 1. The summed E-state index contributed by atoms with van der Waals surface area (Å²) in [6, 6.07) is 6.67. The molecule has 29 heavy (non-hydrogen) atoms. The maximum absolute atomic E-state index is 12.8. The first-order chi connectivity index (χ1) is 14.0. The van der Waals surface area contributed by atoms with Gasteiger partial charge in [-0.3, -0.25) is 19.3 Å². The molecular formula is C20H26N4O4S. The van der Waals surface area contributed by atoms with Crippen molar-refractivity contribution >= 4 is 34.1 Å². The molecule has 9 heteroatoms. The van der Waals surface area contributed by atoms with Crippen molar-refractivity contribution in [1.82, 2.24) is 14.7 Å². The number of nitrogens with zero attached hydrogens (tertiary/aromatic N) is 3. The van der Waals surface area contributed by atoms with E-state index < -0.39 is 0 Å². The Kier molecular flexibility index (Phi) is 7.05. The van der Waals surface area contributed by atoms with Crippen molar-refractivity contribution in [1.29, 1.82) is 0 Å². The molecule has 2 aromatic rings. The molecule has 8 nitrogen and oxygen atoms in total. The Morgan fingerprint density at radius 1 is 1.10 bits per heavy atom. The summed E-state index contributed by atoms with van der Waals surface area (Å²) in [5.74, 6) is -0.0443. The third-order valence-corrected chi connectivity index (χ3v) is 5.92. The molecule has 2 aromatic heterocycles. The number of nitrogens with one attached hydrogen (secondary N) is 1. The lowest BCUT2D eigenvalue weighted by atomic mass is 10.3. The van der Waals surface area contributed by atoms with E-state index in [9.17, 15) is 14.4 Å². The molecule has 0 unspecified atom stereocenters. The average molecular weight is 419 g/mol. The number of furan rings is 1. The number of likely N-dealkylation sites (N-methyl/N-ethyl adjacent to an activating group) is 1. The lowest BCUT2D eigenvalue weighted by Crippen LogP contribution is -2.51. The molecule has 1 saturated heterocycles. The van der Waals surface area contributed by atoms with Gasteiger partial charge >= 0.3 is 0 Å². The number of rotatable bonds is 7. The van der Waals surface area contributed by atoms with Crippen LogP contribution in [0.2, 0.25) is 0 Å². The monoisotopic (exact) mass is 418 g/mol. The van der Waals surface area contributed by atoms with Crippen molar-refractivity contribution in [2.45, 2.75) is 13.8 Å². The zero-order chi connectivity index (χ0) is 20.8. The van der Waals surface area contributed by atoms with E-state index in [1.165, 1.54) is 17.6 Å². The number of carbonyl (C=O) groups is 3. The van der Waals surface area contributed by atoms with Gasteiger partial charge in [0.05, 0.1) is 22.7 Å². The van der Waals surface area contributed by atoms with Crippen molar-refractivity contribution in [3.63, 3.8) is 0 Å². The maximum Gasteiger partial charge on any atom is 0.291 e. The molecule has 156 valence electrons. The summed E-state index contributed by atoms with van der Waals surface area (Å²) in [6.45, 7) is 8.28. The van der Waals surface area contributed by atoms with E-state index in [2.05, 4.69) is 10.2 Å². The van der Waals surface area contributed by atoms with Crippen LogP contribution < -0.4 is 5.32 Å². The van der Waals surface area contributed by atoms with Gasteiger partial charge in [0.25, 0.3) is 11.8 Å². The summed E-state index contributed by atoms with van der Waals surface area (Å²) in [5, 5.41) is 3.33. The highest BCUT2D eigenvalue weighted by molar-refractivity contribution is 7.18.